The number of halogens is 1. The van der Waals surface area contributed by atoms with Gasteiger partial charge >= 0.3 is 0 Å². The van der Waals surface area contributed by atoms with Gasteiger partial charge in [0.15, 0.2) is 0 Å². The van der Waals surface area contributed by atoms with Crippen LogP contribution in [0.25, 0.3) is 11.4 Å². The second-order valence-electron chi connectivity index (χ2n) is 4.37. The molecule has 106 valence electrons. The van der Waals surface area contributed by atoms with Gasteiger partial charge < -0.3 is 9.84 Å². The van der Waals surface area contributed by atoms with Gasteiger partial charge in [0.2, 0.25) is 17.6 Å². The van der Waals surface area contributed by atoms with Gasteiger partial charge in [-0.2, -0.15) is 4.98 Å². The zero-order valence-electron chi connectivity index (χ0n) is 11.2. The summed E-state index contributed by atoms with van der Waals surface area (Å²) in [5.41, 5.74) is 0.678. The molecule has 2 rings (SSSR count). The van der Waals surface area contributed by atoms with Gasteiger partial charge in [0, 0.05) is 24.9 Å². The summed E-state index contributed by atoms with van der Waals surface area (Å²) >= 11 is 0. The Kier molecular flexibility index (Phi) is 4.81. The molecule has 20 heavy (non-hydrogen) atoms. The van der Waals surface area contributed by atoms with E-state index in [1.165, 1.54) is 12.1 Å². The molecule has 6 heteroatoms. The number of rotatable bonds is 6. The molecule has 1 heterocycles. The Bertz CT molecular complexity index is 566. The van der Waals surface area contributed by atoms with Crippen molar-refractivity contribution in [3.63, 3.8) is 0 Å². The number of aromatic nitrogens is 2. The lowest BCUT2D eigenvalue weighted by Crippen LogP contribution is -2.24. The molecular weight excluding hydrogens is 261 g/mol. The highest BCUT2D eigenvalue weighted by Gasteiger charge is 2.10. The van der Waals surface area contributed by atoms with Crippen molar-refractivity contribution in [3.05, 3.63) is 36.0 Å². The number of nitrogens with zero attached hydrogens (tertiary/aromatic N) is 2. The van der Waals surface area contributed by atoms with Gasteiger partial charge in [-0.05, 0) is 30.7 Å². The molecule has 0 aliphatic carbocycles. The zero-order valence-corrected chi connectivity index (χ0v) is 11.2. The van der Waals surface area contributed by atoms with Crippen molar-refractivity contribution >= 4 is 5.91 Å². The number of hydrogen-bond acceptors (Lipinski definition) is 4. The molecule has 0 saturated carbocycles. The summed E-state index contributed by atoms with van der Waals surface area (Å²) < 4.78 is 17.9. The van der Waals surface area contributed by atoms with Crippen molar-refractivity contribution in [1.29, 1.82) is 0 Å². The molecule has 2 aromatic rings. The van der Waals surface area contributed by atoms with Crippen LogP contribution in [0.5, 0.6) is 0 Å². The quantitative estimate of drug-likeness (QED) is 0.880. The van der Waals surface area contributed by atoms with Gasteiger partial charge in [0.05, 0.1) is 0 Å². The van der Waals surface area contributed by atoms with E-state index >= 15 is 0 Å². The third-order valence-electron chi connectivity index (χ3n) is 2.71. The summed E-state index contributed by atoms with van der Waals surface area (Å²) in [6.07, 6.45) is 1.61. The molecule has 0 bridgehead atoms. The fourth-order valence-corrected chi connectivity index (χ4v) is 1.65. The standard InChI is InChI=1S/C14H16FN3O2/c1-2-9-16-12(19)7-8-13-17-14(18-20-13)10-3-5-11(15)6-4-10/h3-6H,2,7-9H2,1H3,(H,16,19). The van der Waals surface area contributed by atoms with Crippen LogP contribution in [-0.4, -0.2) is 22.6 Å². The smallest absolute Gasteiger partial charge is 0.227 e. The highest BCUT2D eigenvalue weighted by atomic mass is 19.1. The van der Waals surface area contributed by atoms with E-state index in [1.807, 2.05) is 6.92 Å². The van der Waals surface area contributed by atoms with Crippen LogP contribution in [-0.2, 0) is 11.2 Å². The van der Waals surface area contributed by atoms with E-state index in [1.54, 1.807) is 12.1 Å². The first-order chi connectivity index (χ1) is 9.69. The van der Waals surface area contributed by atoms with E-state index in [2.05, 4.69) is 15.5 Å². The first kappa shape index (κ1) is 14.2. The van der Waals surface area contributed by atoms with Crippen LogP contribution in [0.1, 0.15) is 25.7 Å². The molecule has 0 spiro atoms. The van der Waals surface area contributed by atoms with Crippen molar-refractivity contribution in [2.45, 2.75) is 26.2 Å². The second kappa shape index (κ2) is 6.79. The molecule has 0 unspecified atom stereocenters. The summed E-state index contributed by atoms with van der Waals surface area (Å²) in [5, 5.41) is 6.59. The van der Waals surface area contributed by atoms with Crippen LogP contribution in [0.15, 0.2) is 28.8 Å². The summed E-state index contributed by atoms with van der Waals surface area (Å²) in [4.78, 5) is 15.6. The molecule has 1 amide bonds. The minimum atomic E-state index is -0.315. The zero-order chi connectivity index (χ0) is 14.4. The fourth-order valence-electron chi connectivity index (χ4n) is 1.65. The third kappa shape index (κ3) is 3.88. The Morgan fingerprint density at radius 1 is 1.35 bits per heavy atom. The van der Waals surface area contributed by atoms with Crippen LogP contribution in [0.4, 0.5) is 4.39 Å². The molecule has 1 N–H and O–H groups in total. The van der Waals surface area contributed by atoms with Crippen LogP contribution in [0.2, 0.25) is 0 Å². The Labute approximate surface area is 116 Å². The third-order valence-corrected chi connectivity index (χ3v) is 2.71. The second-order valence-corrected chi connectivity index (χ2v) is 4.37. The van der Waals surface area contributed by atoms with Gasteiger partial charge in [-0.3, -0.25) is 4.79 Å². The molecule has 0 radical (unpaired) electrons. The molecule has 5 nitrogen and oxygen atoms in total. The number of benzene rings is 1. The number of carbonyl (C=O) groups is 1. The van der Waals surface area contributed by atoms with Gasteiger partial charge in [-0.15, -0.1) is 0 Å². The number of amides is 1. The lowest BCUT2D eigenvalue weighted by molar-refractivity contribution is -0.121. The Balaban J connectivity index is 1.92. The summed E-state index contributed by atoms with van der Waals surface area (Å²) in [5.74, 6) is 0.448. The molecule has 0 fully saturated rings. The van der Waals surface area contributed by atoms with Crippen molar-refractivity contribution in [1.82, 2.24) is 15.5 Å². The summed E-state index contributed by atoms with van der Waals surface area (Å²) in [6, 6.07) is 5.84. The Morgan fingerprint density at radius 3 is 2.80 bits per heavy atom. The Morgan fingerprint density at radius 2 is 2.10 bits per heavy atom. The lowest BCUT2D eigenvalue weighted by Gasteiger charge is -2.00. The maximum absolute atomic E-state index is 12.8. The van der Waals surface area contributed by atoms with Gasteiger partial charge in [0.25, 0.3) is 0 Å². The van der Waals surface area contributed by atoms with Crippen molar-refractivity contribution in [2.75, 3.05) is 6.54 Å². The van der Waals surface area contributed by atoms with Crippen molar-refractivity contribution in [3.8, 4) is 11.4 Å². The van der Waals surface area contributed by atoms with Gasteiger partial charge in [-0.1, -0.05) is 12.1 Å². The minimum absolute atomic E-state index is 0.0339. The van der Waals surface area contributed by atoms with Crippen LogP contribution in [0, 0.1) is 5.82 Å². The van der Waals surface area contributed by atoms with E-state index in [0.29, 0.717) is 36.7 Å². The predicted octanol–water partition coefficient (Wildman–Crippen LogP) is 2.33. The van der Waals surface area contributed by atoms with E-state index in [0.717, 1.165) is 6.42 Å². The summed E-state index contributed by atoms with van der Waals surface area (Å²) in [6.45, 7) is 2.66. The molecule has 0 aliphatic heterocycles. The lowest BCUT2D eigenvalue weighted by atomic mass is 10.2. The summed E-state index contributed by atoms with van der Waals surface area (Å²) in [7, 11) is 0. The first-order valence-electron chi connectivity index (χ1n) is 6.54. The van der Waals surface area contributed by atoms with Crippen LogP contribution in [0.3, 0.4) is 0 Å². The molecule has 1 aromatic carbocycles. The SMILES string of the molecule is CCCNC(=O)CCc1nc(-c2ccc(F)cc2)no1. The van der Waals surface area contributed by atoms with E-state index < -0.39 is 0 Å². The van der Waals surface area contributed by atoms with Crippen molar-refractivity contribution in [2.24, 2.45) is 0 Å². The highest BCUT2D eigenvalue weighted by Crippen LogP contribution is 2.16. The fraction of sp³-hybridized carbons (Fsp3) is 0.357. The molecule has 0 saturated heterocycles. The normalized spacial score (nSPS) is 10.5. The van der Waals surface area contributed by atoms with Gasteiger partial charge in [0.1, 0.15) is 5.82 Å². The maximum atomic E-state index is 12.8. The monoisotopic (exact) mass is 277 g/mol. The van der Waals surface area contributed by atoms with Gasteiger partial charge in [-0.25, -0.2) is 4.39 Å². The molecular formula is C14H16FN3O2. The number of aryl methyl sites for hydroxylation is 1. The maximum Gasteiger partial charge on any atom is 0.227 e. The number of carbonyl (C=O) groups excluding carboxylic acids is 1. The minimum Gasteiger partial charge on any atom is -0.356 e. The average molecular weight is 277 g/mol. The largest absolute Gasteiger partial charge is 0.356 e. The van der Waals surface area contributed by atoms with E-state index in [-0.39, 0.29) is 11.7 Å². The van der Waals surface area contributed by atoms with Crippen molar-refractivity contribution < 1.29 is 13.7 Å². The first-order valence-corrected chi connectivity index (χ1v) is 6.54. The predicted molar refractivity (Wildman–Crippen MR) is 71.3 cm³/mol. The molecule has 0 aliphatic rings. The van der Waals surface area contributed by atoms with Crippen LogP contribution < -0.4 is 5.32 Å². The molecule has 0 atom stereocenters. The topological polar surface area (TPSA) is 68.0 Å². The number of hydrogen-bond donors (Lipinski definition) is 1. The van der Waals surface area contributed by atoms with Crippen LogP contribution >= 0.6 is 0 Å². The highest BCUT2D eigenvalue weighted by molar-refractivity contribution is 5.75. The van der Waals surface area contributed by atoms with E-state index in [9.17, 15) is 9.18 Å². The number of nitrogens with one attached hydrogen (secondary N) is 1. The Hall–Kier alpha value is -2.24. The average Bonchev–Trinajstić information content (AvgIpc) is 2.92. The van der Waals surface area contributed by atoms with E-state index in [4.69, 9.17) is 4.52 Å². The molecule has 1 aromatic heterocycles.